The van der Waals surface area contributed by atoms with Crippen LogP contribution >= 0.6 is 11.6 Å². The van der Waals surface area contributed by atoms with Gasteiger partial charge in [0.2, 0.25) is 11.8 Å². The molecule has 4 rings (SSSR count). The van der Waals surface area contributed by atoms with Crippen molar-refractivity contribution in [3.8, 4) is 17.2 Å². The highest BCUT2D eigenvalue weighted by Gasteiger charge is 2.33. The van der Waals surface area contributed by atoms with Crippen molar-refractivity contribution in [2.75, 3.05) is 13.2 Å². The summed E-state index contributed by atoms with van der Waals surface area (Å²) in [5.41, 5.74) is -0.981. The molecule has 1 fully saturated rings. The van der Waals surface area contributed by atoms with Gasteiger partial charge in [0, 0.05) is 17.8 Å². The zero-order valence-corrected chi connectivity index (χ0v) is 18.1. The summed E-state index contributed by atoms with van der Waals surface area (Å²) in [6.45, 7) is -0.170. The summed E-state index contributed by atoms with van der Waals surface area (Å²) in [7, 11) is 0. The number of pyridine rings is 1. The number of nitrogens with zero attached hydrogens (tertiary/aromatic N) is 3. The summed E-state index contributed by atoms with van der Waals surface area (Å²) in [6, 6.07) is 5.71. The highest BCUT2D eigenvalue weighted by atomic mass is 35.5. The molecule has 0 unspecified atom stereocenters. The minimum atomic E-state index is -4.60. The standard InChI is InChI=1S/C21H17ClF4N4O4/c22-14-3-2-13(8-15(14)23)32-10-18(31)28-12-1-4-16(33-9-12)20-30-29-19(34-20)11-5-6-27-17(7-11)21(24,25)26/h2-3,5-8,12,16H,1,4,9-10H2,(H,28,31)/t12-,16+/m1/s1. The second-order valence-corrected chi connectivity index (χ2v) is 7.81. The topological polar surface area (TPSA) is 99.4 Å². The maximum Gasteiger partial charge on any atom is 0.433 e. The zero-order chi connectivity index (χ0) is 24.3. The molecule has 180 valence electrons. The van der Waals surface area contributed by atoms with Crippen LogP contribution in [0.3, 0.4) is 0 Å². The average molecular weight is 501 g/mol. The Kier molecular flexibility index (Phi) is 6.98. The van der Waals surface area contributed by atoms with Crippen LogP contribution < -0.4 is 10.1 Å². The van der Waals surface area contributed by atoms with E-state index in [1.807, 2.05) is 0 Å². The molecule has 1 aromatic carbocycles. The molecule has 1 amide bonds. The number of rotatable bonds is 6. The van der Waals surface area contributed by atoms with E-state index in [9.17, 15) is 22.4 Å². The van der Waals surface area contributed by atoms with Gasteiger partial charge in [-0.3, -0.25) is 9.78 Å². The molecular weight excluding hydrogens is 484 g/mol. The number of carbonyl (C=O) groups is 1. The summed E-state index contributed by atoms with van der Waals surface area (Å²) in [5, 5.41) is 10.4. The quantitative estimate of drug-likeness (QED) is 0.502. The lowest BCUT2D eigenvalue weighted by atomic mass is 10.0. The van der Waals surface area contributed by atoms with Gasteiger partial charge in [0.1, 0.15) is 23.4 Å². The molecule has 2 atom stereocenters. The number of hydrogen-bond donors (Lipinski definition) is 1. The number of amides is 1. The maximum atomic E-state index is 13.4. The van der Waals surface area contributed by atoms with Crippen molar-refractivity contribution in [3.05, 3.63) is 59.0 Å². The fraction of sp³-hybridized carbons (Fsp3) is 0.333. The van der Waals surface area contributed by atoms with Gasteiger partial charge in [-0.05, 0) is 37.1 Å². The van der Waals surface area contributed by atoms with Crippen LogP contribution in [0.15, 0.2) is 40.9 Å². The third-order valence-corrected chi connectivity index (χ3v) is 5.22. The van der Waals surface area contributed by atoms with Gasteiger partial charge in [-0.1, -0.05) is 11.6 Å². The molecule has 0 radical (unpaired) electrons. The Morgan fingerprint density at radius 1 is 1.21 bits per heavy atom. The van der Waals surface area contributed by atoms with Gasteiger partial charge >= 0.3 is 6.18 Å². The third kappa shape index (κ3) is 5.81. The molecule has 8 nitrogen and oxygen atoms in total. The zero-order valence-electron chi connectivity index (χ0n) is 17.3. The van der Waals surface area contributed by atoms with Gasteiger partial charge in [-0.2, -0.15) is 13.2 Å². The highest BCUT2D eigenvalue weighted by Crippen LogP contribution is 2.32. The minimum Gasteiger partial charge on any atom is -0.484 e. The van der Waals surface area contributed by atoms with E-state index < -0.39 is 29.7 Å². The van der Waals surface area contributed by atoms with Gasteiger partial charge in [0.25, 0.3) is 5.91 Å². The predicted molar refractivity (Wildman–Crippen MR) is 109 cm³/mol. The molecule has 34 heavy (non-hydrogen) atoms. The van der Waals surface area contributed by atoms with Crippen molar-refractivity contribution < 1.29 is 36.2 Å². The van der Waals surface area contributed by atoms with E-state index in [1.165, 1.54) is 18.2 Å². The summed E-state index contributed by atoms with van der Waals surface area (Å²) < 4.78 is 68.5. The number of nitrogens with one attached hydrogen (secondary N) is 1. The first kappa shape index (κ1) is 23.9. The molecule has 0 bridgehead atoms. The summed E-state index contributed by atoms with van der Waals surface area (Å²) in [5.74, 6) is -0.863. The summed E-state index contributed by atoms with van der Waals surface area (Å²) in [6.07, 6.45) is -3.19. The van der Waals surface area contributed by atoms with Crippen LogP contribution in [0.25, 0.3) is 11.5 Å². The summed E-state index contributed by atoms with van der Waals surface area (Å²) >= 11 is 5.60. The van der Waals surface area contributed by atoms with Gasteiger partial charge in [-0.15, -0.1) is 10.2 Å². The van der Waals surface area contributed by atoms with E-state index >= 15 is 0 Å². The molecular formula is C21H17ClF4N4O4. The maximum absolute atomic E-state index is 13.4. The fourth-order valence-electron chi connectivity index (χ4n) is 3.24. The van der Waals surface area contributed by atoms with E-state index in [1.54, 1.807) is 0 Å². The molecule has 2 aromatic heterocycles. The van der Waals surface area contributed by atoms with Crippen molar-refractivity contribution in [2.24, 2.45) is 0 Å². The second-order valence-electron chi connectivity index (χ2n) is 7.40. The molecule has 0 saturated carbocycles. The van der Waals surface area contributed by atoms with Gasteiger partial charge in [0.05, 0.1) is 17.7 Å². The van der Waals surface area contributed by atoms with Crippen LogP contribution in [0, 0.1) is 5.82 Å². The lowest BCUT2D eigenvalue weighted by Crippen LogP contribution is -2.43. The van der Waals surface area contributed by atoms with Crippen molar-refractivity contribution in [1.29, 1.82) is 0 Å². The number of carbonyl (C=O) groups excluding carboxylic acids is 1. The number of hydrogen-bond acceptors (Lipinski definition) is 7. The van der Waals surface area contributed by atoms with Crippen LogP contribution in [0.1, 0.15) is 30.5 Å². The lowest BCUT2D eigenvalue weighted by molar-refractivity contribution is -0.141. The fourth-order valence-corrected chi connectivity index (χ4v) is 3.36. The molecule has 13 heteroatoms. The van der Waals surface area contributed by atoms with Crippen LogP contribution in [0.5, 0.6) is 5.75 Å². The Morgan fingerprint density at radius 2 is 2.03 bits per heavy atom. The smallest absolute Gasteiger partial charge is 0.433 e. The number of benzene rings is 1. The molecule has 3 heterocycles. The lowest BCUT2D eigenvalue weighted by Gasteiger charge is -2.27. The monoisotopic (exact) mass is 500 g/mol. The van der Waals surface area contributed by atoms with Crippen molar-refractivity contribution in [2.45, 2.75) is 31.2 Å². The number of ether oxygens (including phenoxy) is 2. The van der Waals surface area contributed by atoms with Crippen LogP contribution in [0.2, 0.25) is 5.02 Å². The predicted octanol–water partition coefficient (Wildman–Crippen LogP) is 4.36. The Bertz CT molecular complexity index is 1170. The molecule has 3 aromatic rings. The third-order valence-electron chi connectivity index (χ3n) is 4.92. The summed E-state index contributed by atoms with van der Waals surface area (Å²) in [4.78, 5) is 15.4. The SMILES string of the molecule is O=C(COc1ccc(Cl)c(F)c1)N[C@@H]1CC[C@@H](c2nnc(-c3ccnc(C(F)(F)F)c3)o2)OC1. The highest BCUT2D eigenvalue weighted by molar-refractivity contribution is 6.30. The second kappa shape index (κ2) is 9.94. The van der Waals surface area contributed by atoms with Crippen LogP contribution in [-0.4, -0.2) is 40.3 Å². The van der Waals surface area contributed by atoms with E-state index in [0.717, 1.165) is 18.3 Å². The molecule has 0 aliphatic carbocycles. The van der Waals surface area contributed by atoms with Gasteiger partial charge < -0.3 is 19.2 Å². The first-order chi connectivity index (χ1) is 16.2. The van der Waals surface area contributed by atoms with E-state index in [4.69, 9.17) is 25.5 Å². The Morgan fingerprint density at radius 3 is 2.74 bits per heavy atom. The molecule has 1 saturated heterocycles. The Balaban J connectivity index is 1.27. The first-order valence-electron chi connectivity index (χ1n) is 10.0. The molecule has 1 aliphatic rings. The Labute approximate surface area is 195 Å². The van der Waals surface area contributed by atoms with E-state index in [2.05, 4.69) is 20.5 Å². The number of halogens is 5. The molecule has 1 N–H and O–H groups in total. The number of alkyl halides is 3. The minimum absolute atomic E-state index is 0.0501. The Hall–Kier alpha value is -3.25. The number of aromatic nitrogens is 3. The molecule has 0 spiro atoms. The van der Waals surface area contributed by atoms with Gasteiger partial charge in [-0.25, -0.2) is 4.39 Å². The van der Waals surface area contributed by atoms with Crippen LogP contribution in [0.4, 0.5) is 17.6 Å². The van der Waals surface area contributed by atoms with Gasteiger partial charge in [0.15, 0.2) is 6.61 Å². The van der Waals surface area contributed by atoms with Crippen LogP contribution in [-0.2, 0) is 15.7 Å². The average Bonchev–Trinajstić information content (AvgIpc) is 3.30. The van der Waals surface area contributed by atoms with E-state index in [-0.39, 0.29) is 47.4 Å². The first-order valence-corrected chi connectivity index (χ1v) is 10.4. The largest absolute Gasteiger partial charge is 0.484 e. The normalized spacial score (nSPS) is 18.5. The van der Waals surface area contributed by atoms with Crippen molar-refractivity contribution in [3.63, 3.8) is 0 Å². The van der Waals surface area contributed by atoms with Crippen molar-refractivity contribution >= 4 is 17.5 Å². The molecule has 1 aliphatic heterocycles. The van der Waals surface area contributed by atoms with E-state index in [0.29, 0.717) is 12.8 Å². The van der Waals surface area contributed by atoms with Crippen molar-refractivity contribution in [1.82, 2.24) is 20.5 Å².